The van der Waals surface area contributed by atoms with E-state index < -0.39 is 5.41 Å². The summed E-state index contributed by atoms with van der Waals surface area (Å²) in [4.78, 5) is 2.44. The van der Waals surface area contributed by atoms with Crippen LogP contribution in [-0.2, 0) is 5.41 Å². The van der Waals surface area contributed by atoms with Gasteiger partial charge in [0.2, 0.25) is 0 Å². The molecule has 9 aromatic carbocycles. The van der Waals surface area contributed by atoms with Crippen LogP contribution in [0.25, 0.3) is 60.2 Å². The first-order valence-corrected chi connectivity index (χ1v) is 19.3. The van der Waals surface area contributed by atoms with Crippen LogP contribution in [0.2, 0.25) is 0 Å². The molecule has 0 spiro atoms. The van der Waals surface area contributed by atoms with Gasteiger partial charge in [-0.15, -0.1) is 0 Å². The van der Waals surface area contributed by atoms with Crippen LogP contribution in [0.5, 0.6) is 0 Å². The molecule has 2 aromatic heterocycles. The summed E-state index contributed by atoms with van der Waals surface area (Å²) in [6, 6.07) is 75.0. The van der Waals surface area contributed by atoms with E-state index in [1.165, 1.54) is 49.3 Å². The summed E-state index contributed by atoms with van der Waals surface area (Å²) in [6.07, 6.45) is 0. The van der Waals surface area contributed by atoms with E-state index in [4.69, 9.17) is 4.42 Å². The van der Waals surface area contributed by atoms with Crippen LogP contribution < -0.4 is 4.90 Å². The van der Waals surface area contributed by atoms with Crippen molar-refractivity contribution in [3.8, 4) is 5.69 Å². The molecule has 0 aliphatic carbocycles. The Labute approximate surface area is 323 Å². The molecule has 12 rings (SSSR count). The maximum atomic E-state index is 7.03. The molecule has 262 valence electrons. The molecule has 0 N–H and O–H groups in total. The second-order valence-electron chi connectivity index (χ2n) is 14.8. The van der Waals surface area contributed by atoms with Gasteiger partial charge in [0.15, 0.2) is 0 Å². The predicted molar refractivity (Wildman–Crippen MR) is 232 cm³/mol. The van der Waals surface area contributed by atoms with Gasteiger partial charge in [0.1, 0.15) is 11.2 Å². The molecule has 0 bridgehead atoms. The average Bonchev–Trinajstić information content (AvgIpc) is 3.83. The molecule has 11 aromatic rings. The number of para-hydroxylation sites is 5. The van der Waals surface area contributed by atoms with Crippen LogP contribution in [0.4, 0.5) is 17.1 Å². The quantitative estimate of drug-likeness (QED) is 0.181. The maximum Gasteiger partial charge on any atom is 0.140 e. The second kappa shape index (κ2) is 11.8. The number of fused-ring (bicyclic) bond motifs is 10. The minimum atomic E-state index is -0.704. The van der Waals surface area contributed by atoms with Crippen molar-refractivity contribution in [3.63, 3.8) is 0 Å². The fourth-order valence-corrected chi connectivity index (χ4v) is 9.77. The highest BCUT2D eigenvalue weighted by Gasteiger charge is 2.48. The fraction of sp³-hybridized carbons (Fsp3) is 0.0189. The Morgan fingerprint density at radius 1 is 0.393 bits per heavy atom. The first-order valence-electron chi connectivity index (χ1n) is 19.3. The Morgan fingerprint density at radius 3 is 1.59 bits per heavy atom. The summed E-state index contributed by atoms with van der Waals surface area (Å²) < 4.78 is 9.41. The van der Waals surface area contributed by atoms with Crippen molar-refractivity contribution in [2.45, 2.75) is 5.41 Å². The predicted octanol–water partition coefficient (Wildman–Crippen LogP) is 14.0. The molecular weight excluding hydrogens is 681 g/mol. The summed E-state index contributed by atoms with van der Waals surface area (Å²) in [5.41, 5.74) is 12.8. The van der Waals surface area contributed by atoms with Gasteiger partial charge in [-0.3, -0.25) is 0 Å². The molecular formula is C53H34N2O. The number of rotatable bonds is 4. The second-order valence-corrected chi connectivity index (χ2v) is 14.8. The molecule has 3 heteroatoms. The SMILES string of the molecule is c1ccc(C2(c3cc4ccccc4c4c3oc3ccccc34)c3ccccc3N(c3ccc(-n4c5ccccc5c5ccccc54)cc3)c3ccccc32)cc1. The number of aromatic nitrogens is 1. The van der Waals surface area contributed by atoms with Crippen LogP contribution in [0.1, 0.15) is 22.3 Å². The molecule has 0 saturated carbocycles. The lowest BCUT2D eigenvalue weighted by Gasteiger charge is -2.46. The zero-order chi connectivity index (χ0) is 36.8. The monoisotopic (exact) mass is 714 g/mol. The molecule has 0 atom stereocenters. The van der Waals surface area contributed by atoms with E-state index in [-0.39, 0.29) is 0 Å². The van der Waals surface area contributed by atoms with E-state index in [1.54, 1.807) is 0 Å². The molecule has 1 aliphatic heterocycles. The number of hydrogen-bond donors (Lipinski definition) is 0. The lowest BCUT2D eigenvalue weighted by Crippen LogP contribution is -2.37. The summed E-state index contributed by atoms with van der Waals surface area (Å²) >= 11 is 0. The van der Waals surface area contributed by atoms with Gasteiger partial charge in [-0.05, 0) is 88.1 Å². The van der Waals surface area contributed by atoms with Crippen molar-refractivity contribution in [2.24, 2.45) is 0 Å². The molecule has 0 fully saturated rings. The molecule has 3 heterocycles. The number of benzene rings is 9. The van der Waals surface area contributed by atoms with Gasteiger partial charge >= 0.3 is 0 Å². The van der Waals surface area contributed by atoms with Gasteiger partial charge in [-0.25, -0.2) is 0 Å². The lowest BCUT2D eigenvalue weighted by molar-refractivity contribution is 0.644. The lowest BCUT2D eigenvalue weighted by atomic mass is 9.62. The Bertz CT molecular complexity index is 3220. The van der Waals surface area contributed by atoms with Crippen LogP contribution in [0, 0.1) is 0 Å². The molecule has 0 radical (unpaired) electrons. The van der Waals surface area contributed by atoms with Gasteiger partial charge in [0.05, 0.1) is 27.8 Å². The van der Waals surface area contributed by atoms with E-state index in [1.807, 2.05) is 0 Å². The highest BCUT2D eigenvalue weighted by atomic mass is 16.3. The summed E-state index contributed by atoms with van der Waals surface area (Å²) in [5, 5.41) is 7.19. The first-order chi connectivity index (χ1) is 27.8. The largest absolute Gasteiger partial charge is 0.456 e. The summed E-state index contributed by atoms with van der Waals surface area (Å²) in [5.74, 6) is 0. The van der Waals surface area contributed by atoms with E-state index in [9.17, 15) is 0 Å². The van der Waals surface area contributed by atoms with Crippen molar-refractivity contribution in [3.05, 3.63) is 229 Å². The zero-order valence-electron chi connectivity index (χ0n) is 30.4. The van der Waals surface area contributed by atoms with Crippen LogP contribution in [0.15, 0.2) is 211 Å². The van der Waals surface area contributed by atoms with E-state index in [2.05, 4.69) is 216 Å². The minimum Gasteiger partial charge on any atom is -0.456 e. The Morgan fingerprint density at radius 2 is 0.911 bits per heavy atom. The third-order valence-electron chi connectivity index (χ3n) is 12.0. The average molecular weight is 715 g/mol. The standard InChI is InChI=1S/C53H34N2O/c1-2-17-36(18-3-1)53(45-34-35-16-4-5-19-39(35)51-42-22-8-15-29-50(42)56-52(45)51)43-23-9-13-27-48(43)55(49-28-14-10-24-44(49)53)38-32-30-37(31-33-38)54-46-25-11-6-20-40(46)41-21-7-12-26-47(41)54/h1-34H. The van der Waals surface area contributed by atoms with E-state index >= 15 is 0 Å². The highest BCUT2D eigenvalue weighted by Crippen LogP contribution is 2.59. The number of hydrogen-bond acceptors (Lipinski definition) is 2. The topological polar surface area (TPSA) is 21.3 Å². The number of furan rings is 1. The number of nitrogens with zero attached hydrogens (tertiary/aromatic N) is 2. The molecule has 0 saturated heterocycles. The van der Waals surface area contributed by atoms with Gasteiger partial charge in [0.25, 0.3) is 0 Å². The Hall–Kier alpha value is -7.36. The van der Waals surface area contributed by atoms with Crippen LogP contribution in [-0.4, -0.2) is 4.57 Å². The third-order valence-corrected chi connectivity index (χ3v) is 12.0. The van der Waals surface area contributed by atoms with Gasteiger partial charge in [-0.2, -0.15) is 0 Å². The normalized spacial score (nSPS) is 13.5. The molecule has 56 heavy (non-hydrogen) atoms. The minimum absolute atomic E-state index is 0.704. The van der Waals surface area contributed by atoms with Crippen molar-refractivity contribution >= 4 is 71.6 Å². The summed E-state index contributed by atoms with van der Waals surface area (Å²) in [7, 11) is 0. The van der Waals surface area contributed by atoms with E-state index in [0.29, 0.717) is 0 Å². The van der Waals surface area contributed by atoms with Crippen molar-refractivity contribution in [1.82, 2.24) is 4.57 Å². The zero-order valence-corrected chi connectivity index (χ0v) is 30.4. The Balaban J connectivity index is 1.14. The van der Waals surface area contributed by atoms with Gasteiger partial charge < -0.3 is 13.9 Å². The molecule has 0 amide bonds. The molecule has 1 aliphatic rings. The van der Waals surface area contributed by atoms with Crippen LogP contribution >= 0.6 is 0 Å². The Kier molecular flexibility index (Phi) is 6.55. The molecule has 0 unspecified atom stereocenters. The van der Waals surface area contributed by atoms with Crippen molar-refractivity contribution in [2.75, 3.05) is 4.90 Å². The first kappa shape index (κ1) is 31.0. The van der Waals surface area contributed by atoms with Gasteiger partial charge in [-0.1, -0.05) is 146 Å². The number of anilines is 3. The van der Waals surface area contributed by atoms with Crippen molar-refractivity contribution in [1.29, 1.82) is 0 Å². The summed E-state index contributed by atoms with van der Waals surface area (Å²) in [6.45, 7) is 0. The van der Waals surface area contributed by atoms with Crippen LogP contribution in [0.3, 0.4) is 0 Å². The van der Waals surface area contributed by atoms with Crippen molar-refractivity contribution < 1.29 is 4.42 Å². The van der Waals surface area contributed by atoms with Gasteiger partial charge in [0, 0.05) is 38.5 Å². The smallest absolute Gasteiger partial charge is 0.140 e. The van der Waals surface area contributed by atoms with E-state index in [0.717, 1.165) is 50.3 Å². The fourth-order valence-electron chi connectivity index (χ4n) is 9.77. The third kappa shape index (κ3) is 4.17. The molecule has 3 nitrogen and oxygen atoms in total. The highest BCUT2D eigenvalue weighted by molar-refractivity contribution is 6.20. The maximum absolute atomic E-state index is 7.03.